The second-order valence-corrected chi connectivity index (χ2v) is 4.32. The van der Waals surface area contributed by atoms with Gasteiger partial charge in [0.2, 0.25) is 0 Å². The van der Waals surface area contributed by atoms with Crippen LogP contribution in [0.2, 0.25) is 0 Å². The van der Waals surface area contributed by atoms with E-state index in [1.165, 1.54) is 12.1 Å². The largest absolute Gasteiger partial charge is 0.398 e. The summed E-state index contributed by atoms with van der Waals surface area (Å²) in [6.07, 6.45) is 0.775. The maximum atomic E-state index is 13.1. The molecule has 1 aliphatic rings. The topological polar surface area (TPSA) is 66.6 Å². The van der Waals surface area contributed by atoms with Gasteiger partial charge in [-0.05, 0) is 24.6 Å². The number of carbonyl (C=O) groups excluding carboxylic acids is 1. The van der Waals surface area contributed by atoms with E-state index in [1.807, 2.05) is 0 Å². The van der Waals surface area contributed by atoms with Crippen molar-refractivity contribution in [2.75, 3.05) is 25.4 Å². The molecule has 1 aromatic rings. The first-order chi connectivity index (χ1) is 8.11. The lowest BCUT2D eigenvalue weighted by molar-refractivity contribution is 0.0782. The Morgan fingerprint density at radius 2 is 2.35 bits per heavy atom. The predicted molar refractivity (Wildman–Crippen MR) is 61.9 cm³/mol. The Balaban J connectivity index is 2.17. The molecule has 0 aliphatic carbocycles. The molecule has 0 radical (unpaired) electrons. The van der Waals surface area contributed by atoms with Crippen molar-refractivity contribution in [3.05, 3.63) is 29.6 Å². The Morgan fingerprint density at radius 1 is 1.59 bits per heavy atom. The van der Waals surface area contributed by atoms with Crippen molar-refractivity contribution in [2.24, 2.45) is 5.92 Å². The molecule has 0 saturated carbocycles. The van der Waals surface area contributed by atoms with E-state index in [1.54, 1.807) is 4.90 Å². The maximum absolute atomic E-state index is 13.1. The van der Waals surface area contributed by atoms with Crippen molar-refractivity contribution in [1.29, 1.82) is 0 Å². The van der Waals surface area contributed by atoms with Crippen molar-refractivity contribution in [3.8, 4) is 0 Å². The highest BCUT2D eigenvalue weighted by atomic mass is 19.1. The Bertz CT molecular complexity index is 437. The van der Waals surface area contributed by atoms with Crippen molar-refractivity contribution >= 4 is 11.6 Å². The number of halogens is 1. The quantitative estimate of drug-likeness (QED) is 0.751. The molecule has 1 fully saturated rings. The molecule has 0 bridgehead atoms. The molecular formula is C12H15FN2O2. The zero-order chi connectivity index (χ0) is 12.4. The number of likely N-dealkylation sites (tertiary alicyclic amines) is 1. The van der Waals surface area contributed by atoms with Gasteiger partial charge in [-0.15, -0.1) is 0 Å². The van der Waals surface area contributed by atoms with Gasteiger partial charge >= 0.3 is 0 Å². The van der Waals surface area contributed by atoms with E-state index in [9.17, 15) is 9.18 Å². The third-order valence-corrected chi connectivity index (χ3v) is 3.08. The molecular weight excluding hydrogens is 223 g/mol. The fourth-order valence-electron chi connectivity index (χ4n) is 2.05. The SMILES string of the molecule is Nc1ccc(F)cc1C(=O)N1CCC(CO)C1. The second kappa shape index (κ2) is 4.71. The summed E-state index contributed by atoms with van der Waals surface area (Å²) >= 11 is 0. The molecule has 3 N–H and O–H groups in total. The summed E-state index contributed by atoms with van der Waals surface area (Å²) in [5, 5.41) is 9.01. The molecule has 1 saturated heterocycles. The summed E-state index contributed by atoms with van der Waals surface area (Å²) < 4.78 is 13.1. The van der Waals surface area contributed by atoms with Crippen molar-refractivity contribution in [2.45, 2.75) is 6.42 Å². The number of benzene rings is 1. The van der Waals surface area contributed by atoms with E-state index in [4.69, 9.17) is 10.8 Å². The second-order valence-electron chi connectivity index (χ2n) is 4.32. The van der Waals surface area contributed by atoms with Crippen molar-refractivity contribution in [1.82, 2.24) is 4.90 Å². The first-order valence-electron chi connectivity index (χ1n) is 5.57. The molecule has 1 heterocycles. The third kappa shape index (κ3) is 2.39. The van der Waals surface area contributed by atoms with Gasteiger partial charge in [0.25, 0.3) is 5.91 Å². The number of hydrogen-bond donors (Lipinski definition) is 2. The molecule has 1 amide bonds. The van der Waals surface area contributed by atoms with Gasteiger partial charge in [-0.3, -0.25) is 4.79 Å². The number of aliphatic hydroxyl groups is 1. The number of anilines is 1. The highest BCUT2D eigenvalue weighted by Gasteiger charge is 2.27. The molecule has 17 heavy (non-hydrogen) atoms. The number of nitrogens with two attached hydrogens (primary N) is 1. The molecule has 1 atom stereocenters. The number of nitrogens with zero attached hydrogens (tertiary/aromatic N) is 1. The number of aliphatic hydroxyl groups excluding tert-OH is 1. The van der Waals surface area contributed by atoms with Crippen LogP contribution in [0, 0.1) is 11.7 Å². The molecule has 1 aliphatic heterocycles. The minimum absolute atomic E-state index is 0.0718. The van der Waals surface area contributed by atoms with Crippen LogP contribution in [0.4, 0.5) is 10.1 Å². The Hall–Kier alpha value is -1.62. The van der Waals surface area contributed by atoms with E-state index in [0.29, 0.717) is 13.1 Å². The number of hydrogen-bond acceptors (Lipinski definition) is 3. The standard InChI is InChI=1S/C12H15FN2O2/c13-9-1-2-11(14)10(5-9)12(17)15-4-3-8(6-15)7-16/h1-2,5,8,16H,3-4,6-7,14H2. The number of nitrogen functional groups attached to an aromatic ring is 1. The first-order valence-corrected chi connectivity index (χ1v) is 5.57. The van der Waals surface area contributed by atoms with Gasteiger partial charge in [0, 0.05) is 31.3 Å². The smallest absolute Gasteiger partial charge is 0.256 e. The lowest BCUT2D eigenvalue weighted by atomic mass is 10.1. The number of rotatable bonds is 2. The van der Waals surface area contributed by atoms with E-state index < -0.39 is 5.82 Å². The Labute approximate surface area is 98.8 Å². The van der Waals surface area contributed by atoms with Crippen LogP contribution in [-0.4, -0.2) is 35.6 Å². The van der Waals surface area contributed by atoms with Crippen LogP contribution in [0.15, 0.2) is 18.2 Å². The first kappa shape index (κ1) is 11.9. The van der Waals surface area contributed by atoms with E-state index in [2.05, 4.69) is 0 Å². The average Bonchev–Trinajstić information content (AvgIpc) is 2.80. The van der Waals surface area contributed by atoms with Crippen LogP contribution in [0.1, 0.15) is 16.8 Å². The molecule has 0 spiro atoms. The molecule has 1 aromatic carbocycles. The van der Waals surface area contributed by atoms with Crippen LogP contribution < -0.4 is 5.73 Å². The lowest BCUT2D eigenvalue weighted by Gasteiger charge is -2.17. The minimum Gasteiger partial charge on any atom is -0.398 e. The highest BCUT2D eigenvalue weighted by molar-refractivity contribution is 5.99. The predicted octanol–water partition coefficient (Wildman–Crippen LogP) is 0.862. The van der Waals surface area contributed by atoms with E-state index in [0.717, 1.165) is 12.5 Å². The summed E-state index contributed by atoms with van der Waals surface area (Å²) in [5.41, 5.74) is 6.14. The molecule has 92 valence electrons. The van der Waals surface area contributed by atoms with Crippen molar-refractivity contribution < 1.29 is 14.3 Å². The molecule has 2 rings (SSSR count). The zero-order valence-corrected chi connectivity index (χ0v) is 9.40. The van der Waals surface area contributed by atoms with Gasteiger partial charge in [0.1, 0.15) is 5.82 Å². The third-order valence-electron chi connectivity index (χ3n) is 3.08. The highest BCUT2D eigenvalue weighted by Crippen LogP contribution is 2.21. The summed E-state index contributed by atoms with van der Waals surface area (Å²) in [4.78, 5) is 13.7. The van der Waals surface area contributed by atoms with Crippen LogP contribution in [-0.2, 0) is 0 Å². The van der Waals surface area contributed by atoms with Gasteiger partial charge < -0.3 is 15.7 Å². The normalized spacial score (nSPS) is 19.6. The summed E-state index contributed by atoms with van der Waals surface area (Å²) in [6.45, 7) is 1.16. The minimum atomic E-state index is -0.472. The molecule has 1 unspecified atom stereocenters. The maximum Gasteiger partial charge on any atom is 0.256 e. The number of amides is 1. The Kier molecular flexibility index (Phi) is 3.28. The van der Waals surface area contributed by atoms with Crippen molar-refractivity contribution in [3.63, 3.8) is 0 Å². The van der Waals surface area contributed by atoms with Crippen LogP contribution >= 0.6 is 0 Å². The molecule has 5 heteroatoms. The van der Waals surface area contributed by atoms with E-state index >= 15 is 0 Å². The molecule has 0 aromatic heterocycles. The lowest BCUT2D eigenvalue weighted by Crippen LogP contribution is -2.29. The summed E-state index contributed by atoms with van der Waals surface area (Å²) in [5.74, 6) is -0.618. The van der Waals surface area contributed by atoms with E-state index in [-0.39, 0.29) is 29.7 Å². The van der Waals surface area contributed by atoms with Gasteiger partial charge in [0.15, 0.2) is 0 Å². The average molecular weight is 238 g/mol. The zero-order valence-electron chi connectivity index (χ0n) is 9.40. The Morgan fingerprint density at radius 3 is 3.00 bits per heavy atom. The fourth-order valence-corrected chi connectivity index (χ4v) is 2.05. The number of carbonyl (C=O) groups is 1. The monoisotopic (exact) mass is 238 g/mol. The van der Waals surface area contributed by atoms with Gasteiger partial charge in [0.05, 0.1) is 5.56 Å². The van der Waals surface area contributed by atoms with Gasteiger partial charge in [-0.25, -0.2) is 4.39 Å². The van der Waals surface area contributed by atoms with Crippen LogP contribution in [0.5, 0.6) is 0 Å². The van der Waals surface area contributed by atoms with Crippen LogP contribution in [0.25, 0.3) is 0 Å². The summed E-state index contributed by atoms with van der Waals surface area (Å²) in [7, 11) is 0. The summed E-state index contributed by atoms with van der Waals surface area (Å²) in [6, 6.07) is 3.78. The van der Waals surface area contributed by atoms with Crippen LogP contribution in [0.3, 0.4) is 0 Å². The van der Waals surface area contributed by atoms with Gasteiger partial charge in [-0.2, -0.15) is 0 Å². The molecule has 4 nitrogen and oxygen atoms in total. The van der Waals surface area contributed by atoms with Gasteiger partial charge in [-0.1, -0.05) is 0 Å². The fraction of sp³-hybridized carbons (Fsp3) is 0.417.